The van der Waals surface area contributed by atoms with E-state index in [1.165, 1.54) is 12.1 Å². The zero-order valence-corrected chi connectivity index (χ0v) is 14.8. The molecule has 26 heavy (non-hydrogen) atoms. The van der Waals surface area contributed by atoms with Gasteiger partial charge in [-0.1, -0.05) is 29.3 Å². The third-order valence-electron chi connectivity index (χ3n) is 2.84. The first kappa shape index (κ1) is 20.3. The summed E-state index contributed by atoms with van der Waals surface area (Å²) in [7, 11) is 0. The topological polar surface area (TPSA) is 58.2 Å². The van der Waals surface area contributed by atoms with Gasteiger partial charge in [0.05, 0.1) is 21.3 Å². The van der Waals surface area contributed by atoms with Crippen LogP contribution in [0.2, 0.25) is 10.0 Å². The molecular weight excluding hydrogens is 419 g/mol. The second-order valence-corrected chi connectivity index (χ2v) is 6.65. The van der Waals surface area contributed by atoms with Crippen molar-refractivity contribution in [3.05, 3.63) is 57.8 Å². The van der Waals surface area contributed by atoms with Gasteiger partial charge in [0.2, 0.25) is 0 Å². The van der Waals surface area contributed by atoms with Crippen LogP contribution < -0.4 is 10.6 Å². The van der Waals surface area contributed by atoms with Crippen molar-refractivity contribution in [2.45, 2.75) is 10.4 Å². The molecule has 0 aliphatic rings. The molecule has 11 heteroatoms. The molecule has 0 aromatic heterocycles. The first-order valence-electron chi connectivity index (χ1n) is 6.68. The van der Waals surface area contributed by atoms with Crippen LogP contribution in [0.1, 0.15) is 10.4 Å². The summed E-state index contributed by atoms with van der Waals surface area (Å²) < 4.78 is 50.6. The highest BCUT2D eigenvalue weighted by Gasteiger charge is 2.29. The van der Waals surface area contributed by atoms with E-state index < -0.39 is 28.8 Å². The number of hydrogen-bond donors (Lipinski definition) is 2. The van der Waals surface area contributed by atoms with Crippen LogP contribution in [0.5, 0.6) is 0 Å². The average molecular weight is 427 g/mol. The second-order valence-electron chi connectivity index (χ2n) is 4.69. The molecular formula is C15H8Cl2F4N2O2S. The number of thioether (sulfide) groups is 1. The summed E-state index contributed by atoms with van der Waals surface area (Å²) in [5.41, 5.74) is -5.04. The predicted octanol–water partition coefficient (Wildman–Crippen LogP) is 5.71. The van der Waals surface area contributed by atoms with Gasteiger partial charge >= 0.3 is 11.5 Å². The number of imide groups is 1. The van der Waals surface area contributed by atoms with E-state index >= 15 is 0 Å². The molecule has 4 nitrogen and oxygen atoms in total. The van der Waals surface area contributed by atoms with Crippen molar-refractivity contribution in [2.75, 3.05) is 5.32 Å². The monoisotopic (exact) mass is 426 g/mol. The fraction of sp³-hybridized carbons (Fsp3) is 0.0667. The Morgan fingerprint density at radius 2 is 1.73 bits per heavy atom. The number of anilines is 1. The number of carbonyl (C=O) groups is 2. The van der Waals surface area contributed by atoms with Crippen molar-refractivity contribution >= 4 is 52.6 Å². The summed E-state index contributed by atoms with van der Waals surface area (Å²) in [4.78, 5) is 23.6. The van der Waals surface area contributed by atoms with Crippen LogP contribution in [0.15, 0.2) is 41.3 Å². The Balaban J connectivity index is 2.07. The maximum atomic E-state index is 13.6. The van der Waals surface area contributed by atoms with Crippen LogP contribution in [0, 0.1) is 5.82 Å². The normalized spacial score (nSPS) is 11.2. The van der Waals surface area contributed by atoms with Gasteiger partial charge in [0.1, 0.15) is 5.82 Å². The van der Waals surface area contributed by atoms with E-state index in [-0.39, 0.29) is 32.4 Å². The molecule has 3 amide bonds. The largest absolute Gasteiger partial charge is 0.446 e. The van der Waals surface area contributed by atoms with Gasteiger partial charge in [-0.2, -0.15) is 13.2 Å². The van der Waals surface area contributed by atoms with E-state index in [4.69, 9.17) is 23.2 Å². The molecule has 138 valence electrons. The number of carbonyl (C=O) groups excluding carboxylic acids is 2. The third kappa shape index (κ3) is 5.52. The lowest BCUT2D eigenvalue weighted by molar-refractivity contribution is -0.0328. The quantitative estimate of drug-likeness (QED) is 0.488. The van der Waals surface area contributed by atoms with Gasteiger partial charge in [-0.25, -0.2) is 9.18 Å². The molecule has 0 saturated heterocycles. The molecule has 0 saturated carbocycles. The summed E-state index contributed by atoms with van der Waals surface area (Å²) >= 11 is 11.2. The predicted molar refractivity (Wildman–Crippen MR) is 91.3 cm³/mol. The van der Waals surface area contributed by atoms with Crippen LogP contribution in [0.3, 0.4) is 0 Å². The highest BCUT2D eigenvalue weighted by atomic mass is 35.5. The van der Waals surface area contributed by atoms with E-state index in [0.29, 0.717) is 0 Å². The van der Waals surface area contributed by atoms with Crippen LogP contribution in [0.4, 0.5) is 28.0 Å². The number of urea groups is 1. The summed E-state index contributed by atoms with van der Waals surface area (Å²) in [6, 6.07) is 5.72. The highest BCUT2D eigenvalue weighted by Crippen LogP contribution is 2.39. The number of benzene rings is 2. The fourth-order valence-corrected chi connectivity index (χ4v) is 2.95. The first-order valence-corrected chi connectivity index (χ1v) is 8.25. The lowest BCUT2D eigenvalue weighted by Gasteiger charge is -2.11. The Morgan fingerprint density at radius 1 is 1.04 bits per heavy atom. The summed E-state index contributed by atoms with van der Waals surface area (Å²) in [6.07, 6.45) is 0. The van der Waals surface area contributed by atoms with Gasteiger partial charge in [-0.05, 0) is 42.1 Å². The van der Waals surface area contributed by atoms with E-state index in [9.17, 15) is 27.2 Å². The maximum absolute atomic E-state index is 13.6. The van der Waals surface area contributed by atoms with E-state index in [2.05, 4.69) is 5.32 Å². The molecule has 2 aromatic carbocycles. The van der Waals surface area contributed by atoms with Gasteiger partial charge < -0.3 is 5.32 Å². The van der Waals surface area contributed by atoms with E-state index in [1.54, 1.807) is 0 Å². The van der Waals surface area contributed by atoms with E-state index in [1.807, 2.05) is 5.32 Å². The van der Waals surface area contributed by atoms with Crippen molar-refractivity contribution in [2.24, 2.45) is 0 Å². The Morgan fingerprint density at radius 3 is 2.31 bits per heavy atom. The van der Waals surface area contributed by atoms with Crippen molar-refractivity contribution in [1.82, 2.24) is 5.32 Å². The fourth-order valence-electron chi connectivity index (χ4n) is 1.83. The minimum Gasteiger partial charge on any atom is -0.306 e. The number of alkyl halides is 3. The van der Waals surface area contributed by atoms with Gasteiger partial charge in [0, 0.05) is 4.90 Å². The average Bonchev–Trinajstić information content (AvgIpc) is 2.48. The molecule has 0 heterocycles. The summed E-state index contributed by atoms with van der Waals surface area (Å²) in [6.45, 7) is 0. The molecule has 0 fully saturated rings. The number of hydrogen-bond acceptors (Lipinski definition) is 3. The minimum atomic E-state index is -4.49. The van der Waals surface area contributed by atoms with Crippen LogP contribution >= 0.6 is 35.0 Å². The molecule has 2 N–H and O–H groups in total. The smallest absolute Gasteiger partial charge is 0.306 e. The molecule has 0 aliphatic carbocycles. The molecule has 0 atom stereocenters. The lowest BCUT2D eigenvalue weighted by atomic mass is 10.2. The third-order valence-corrected chi connectivity index (χ3v) is 4.19. The Bertz CT molecular complexity index is 842. The van der Waals surface area contributed by atoms with Crippen molar-refractivity contribution in [3.8, 4) is 0 Å². The van der Waals surface area contributed by atoms with Crippen molar-refractivity contribution in [1.29, 1.82) is 0 Å². The van der Waals surface area contributed by atoms with Gasteiger partial charge in [-0.15, -0.1) is 0 Å². The van der Waals surface area contributed by atoms with Gasteiger partial charge in [-0.3, -0.25) is 10.1 Å². The lowest BCUT2D eigenvalue weighted by Crippen LogP contribution is -2.35. The van der Waals surface area contributed by atoms with Gasteiger partial charge in [0.15, 0.2) is 0 Å². The Kier molecular flexibility index (Phi) is 6.38. The van der Waals surface area contributed by atoms with Crippen LogP contribution in [-0.2, 0) is 0 Å². The molecule has 0 aliphatic heterocycles. The number of rotatable bonds is 3. The SMILES string of the molecule is O=C(NC(=O)c1c(F)cccc1Cl)Nc1ccc(SC(F)(F)F)cc1Cl. The van der Waals surface area contributed by atoms with Crippen LogP contribution in [-0.4, -0.2) is 17.4 Å². The van der Waals surface area contributed by atoms with Crippen molar-refractivity contribution < 1.29 is 27.2 Å². The second kappa shape index (κ2) is 8.15. The van der Waals surface area contributed by atoms with E-state index in [0.717, 1.165) is 24.3 Å². The van der Waals surface area contributed by atoms with Crippen molar-refractivity contribution in [3.63, 3.8) is 0 Å². The summed E-state index contributed by atoms with van der Waals surface area (Å²) in [5, 5.41) is 3.66. The van der Waals surface area contributed by atoms with Crippen LogP contribution in [0.25, 0.3) is 0 Å². The molecule has 0 unspecified atom stereocenters. The standard InChI is InChI=1S/C15H8Cl2F4N2O2S/c16-8-2-1-3-10(18)12(8)13(24)23-14(25)22-11-5-4-7(6-9(11)17)26-15(19,20)21/h1-6H,(H2,22,23,24,25). The first-order chi connectivity index (χ1) is 12.1. The zero-order valence-electron chi connectivity index (χ0n) is 12.5. The number of amides is 3. The highest BCUT2D eigenvalue weighted by molar-refractivity contribution is 8.00. The zero-order chi connectivity index (χ0) is 19.5. The Hall–Kier alpha value is -1.97. The Labute approximate surface area is 158 Å². The summed E-state index contributed by atoms with van der Waals surface area (Å²) in [5.74, 6) is -2.01. The molecule has 0 radical (unpaired) electrons. The number of nitrogens with one attached hydrogen (secondary N) is 2. The molecule has 2 aromatic rings. The van der Waals surface area contributed by atoms with Gasteiger partial charge in [0.25, 0.3) is 5.91 Å². The molecule has 2 rings (SSSR count). The molecule has 0 bridgehead atoms. The minimum absolute atomic E-state index is 0.0388. The maximum Gasteiger partial charge on any atom is 0.446 e. The number of halogens is 6. The molecule has 0 spiro atoms.